The SMILES string of the molecule is OC[C@H]1O[C@@H](O)[C@H](Oc2ccc3ccccc3c2O)[C@@H](O)[C@@H]1O. The molecular formula is C16H18O7. The molecule has 5 N–H and O–H groups in total. The molecule has 0 aromatic heterocycles. The van der Waals surface area contributed by atoms with Gasteiger partial charge in [0.25, 0.3) is 0 Å². The molecule has 5 atom stereocenters. The van der Waals surface area contributed by atoms with Crippen molar-refractivity contribution in [3.63, 3.8) is 0 Å². The van der Waals surface area contributed by atoms with Crippen LogP contribution in [0.2, 0.25) is 0 Å². The van der Waals surface area contributed by atoms with Crippen LogP contribution in [0.5, 0.6) is 11.5 Å². The second-order valence-electron chi connectivity index (χ2n) is 5.44. The minimum Gasteiger partial charge on any atom is -0.504 e. The van der Waals surface area contributed by atoms with Gasteiger partial charge in [0.05, 0.1) is 6.61 Å². The molecule has 3 rings (SSSR count). The summed E-state index contributed by atoms with van der Waals surface area (Å²) in [6, 6.07) is 10.3. The second-order valence-corrected chi connectivity index (χ2v) is 5.44. The standard InChI is InChI=1S/C16H18O7/c17-7-11-13(19)14(20)15(16(21)23-11)22-10-6-5-8-3-1-2-4-9(8)12(10)18/h1-6,11,13-21H,7H2/t11-,13-,14+,15-,16-/m1/s1. The van der Waals surface area contributed by atoms with Crippen LogP contribution in [0, 0.1) is 0 Å². The highest BCUT2D eigenvalue weighted by molar-refractivity contribution is 5.90. The Hall–Kier alpha value is -1.90. The predicted octanol–water partition coefficient (Wildman–Crippen LogP) is -0.276. The van der Waals surface area contributed by atoms with Crippen molar-refractivity contribution in [2.75, 3.05) is 6.61 Å². The van der Waals surface area contributed by atoms with Gasteiger partial charge in [-0.2, -0.15) is 0 Å². The lowest BCUT2D eigenvalue weighted by molar-refractivity contribution is -0.280. The summed E-state index contributed by atoms with van der Waals surface area (Å²) in [6.07, 6.45) is -6.88. The zero-order valence-electron chi connectivity index (χ0n) is 12.1. The number of benzene rings is 2. The molecule has 1 aliphatic rings. The van der Waals surface area contributed by atoms with Gasteiger partial charge in [0.1, 0.15) is 18.3 Å². The van der Waals surface area contributed by atoms with Crippen LogP contribution < -0.4 is 4.74 Å². The summed E-state index contributed by atoms with van der Waals surface area (Å²) in [5.41, 5.74) is 0. The Morgan fingerprint density at radius 2 is 1.74 bits per heavy atom. The number of phenols is 1. The van der Waals surface area contributed by atoms with Crippen molar-refractivity contribution < 1.29 is 35.0 Å². The van der Waals surface area contributed by atoms with E-state index in [9.17, 15) is 20.4 Å². The Kier molecular flexibility index (Phi) is 4.38. The average molecular weight is 322 g/mol. The Morgan fingerprint density at radius 1 is 1.00 bits per heavy atom. The van der Waals surface area contributed by atoms with E-state index < -0.39 is 37.3 Å². The van der Waals surface area contributed by atoms with Crippen molar-refractivity contribution in [3.05, 3.63) is 36.4 Å². The Morgan fingerprint density at radius 3 is 2.48 bits per heavy atom. The van der Waals surface area contributed by atoms with Gasteiger partial charge in [-0.15, -0.1) is 0 Å². The molecule has 7 heteroatoms. The van der Waals surface area contributed by atoms with Gasteiger partial charge < -0.3 is 35.0 Å². The summed E-state index contributed by atoms with van der Waals surface area (Å²) in [7, 11) is 0. The fourth-order valence-corrected chi connectivity index (χ4v) is 2.68. The van der Waals surface area contributed by atoms with Crippen LogP contribution in [-0.2, 0) is 4.74 Å². The van der Waals surface area contributed by atoms with Crippen LogP contribution in [-0.4, -0.2) is 62.8 Å². The second kappa shape index (κ2) is 6.31. The lowest BCUT2D eigenvalue weighted by Crippen LogP contribution is -2.60. The number of aliphatic hydroxyl groups excluding tert-OH is 4. The molecule has 1 fully saturated rings. The maximum atomic E-state index is 10.3. The number of phenolic OH excluding ortho intramolecular Hbond substituents is 1. The van der Waals surface area contributed by atoms with Gasteiger partial charge in [-0.25, -0.2) is 0 Å². The fraction of sp³-hybridized carbons (Fsp3) is 0.375. The summed E-state index contributed by atoms with van der Waals surface area (Å²) >= 11 is 0. The van der Waals surface area contributed by atoms with Crippen molar-refractivity contribution in [2.24, 2.45) is 0 Å². The van der Waals surface area contributed by atoms with Gasteiger partial charge in [-0.1, -0.05) is 30.3 Å². The summed E-state index contributed by atoms with van der Waals surface area (Å²) in [4.78, 5) is 0. The van der Waals surface area contributed by atoms with Crippen molar-refractivity contribution >= 4 is 10.8 Å². The molecule has 1 aliphatic heterocycles. The third kappa shape index (κ3) is 2.85. The van der Waals surface area contributed by atoms with E-state index in [0.29, 0.717) is 5.39 Å². The topological polar surface area (TPSA) is 120 Å². The van der Waals surface area contributed by atoms with E-state index in [2.05, 4.69) is 0 Å². The van der Waals surface area contributed by atoms with Crippen LogP contribution in [0.4, 0.5) is 0 Å². The first-order valence-corrected chi connectivity index (χ1v) is 7.21. The molecule has 0 aliphatic carbocycles. The Labute approximate surface area is 131 Å². The quantitative estimate of drug-likeness (QED) is 0.527. The zero-order chi connectivity index (χ0) is 16.6. The number of hydrogen-bond acceptors (Lipinski definition) is 7. The molecule has 0 amide bonds. The van der Waals surface area contributed by atoms with Gasteiger partial charge in [-0.3, -0.25) is 0 Å². The molecule has 7 nitrogen and oxygen atoms in total. The smallest absolute Gasteiger partial charge is 0.195 e. The fourth-order valence-electron chi connectivity index (χ4n) is 2.68. The van der Waals surface area contributed by atoms with Gasteiger partial charge in [0.15, 0.2) is 23.9 Å². The summed E-state index contributed by atoms with van der Waals surface area (Å²) in [6.45, 7) is -0.552. The van der Waals surface area contributed by atoms with Crippen LogP contribution >= 0.6 is 0 Å². The molecular weight excluding hydrogens is 304 g/mol. The minimum atomic E-state index is -1.56. The molecule has 1 heterocycles. The molecule has 1 saturated heterocycles. The van der Waals surface area contributed by atoms with Crippen LogP contribution in [0.25, 0.3) is 10.8 Å². The lowest BCUT2D eigenvalue weighted by atomic mass is 9.99. The van der Waals surface area contributed by atoms with Gasteiger partial charge in [0, 0.05) is 5.39 Å². The molecule has 0 saturated carbocycles. The predicted molar refractivity (Wildman–Crippen MR) is 80.0 cm³/mol. The Balaban J connectivity index is 1.88. The number of ether oxygens (including phenoxy) is 2. The molecule has 23 heavy (non-hydrogen) atoms. The van der Waals surface area contributed by atoms with Crippen molar-refractivity contribution in [1.82, 2.24) is 0 Å². The molecule has 0 bridgehead atoms. The third-order valence-corrected chi connectivity index (χ3v) is 3.97. The highest BCUT2D eigenvalue weighted by Crippen LogP contribution is 2.36. The monoisotopic (exact) mass is 322 g/mol. The van der Waals surface area contributed by atoms with E-state index >= 15 is 0 Å². The van der Waals surface area contributed by atoms with Crippen LogP contribution in [0.3, 0.4) is 0 Å². The first kappa shape index (κ1) is 16.0. The first-order chi connectivity index (χ1) is 11.0. The van der Waals surface area contributed by atoms with E-state index in [1.165, 1.54) is 6.07 Å². The van der Waals surface area contributed by atoms with Crippen LogP contribution in [0.15, 0.2) is 36.4 Å². The van der Waals surface area contributed by atoms with Gasteiger partial charge >= 0.3 is 0 Å². The number of hydrogen-bond donors (Lipinski definition) is 5. The minimum absolute atomic E-state index is 0.0463. The Bertz CT molecular complexity index is 689. The molecule has 2 aromatic rings. The number of aromatic hydroxyl groups is 1. The number of rotatable bonds is 3. The highest BCUT2D eigenvalue weighted by atomic mass is 16.7. The van der Waals surface area contributed by atoms with Crippen molar-refractivity contribution in [1.29, 1.82) is 0 Å². The third-order valence-electron chi connectivity index (χ3n) is 3.97. The van der Waals surface area contributed by atoms with Crippen molar-refractivity contribution in [2.45, 2.75) is 30.7 Å². The maximum absolute atomic E-state index is 10.3. The summed E-state index contributed by atoms with van der Waals surface area (Å²) < 4.78 is 10.5. The molecule has 0 radical (unpaired) electrons. The first-order valence-electron chi connectivity index (χ1n) is 7.21. The maximum Gasteiger partial charge on any atom is 0.195 e. The molecule has 0 spiro atoms. The molecule has 0 unspecified atom stereocenters. The molecule has 124 valence electrons. The lowest BCUT2D eigenvalue weighted by Gasteiger charge is -2.39. The van der Waals surface area contributed by atoms with E-state index in [4.69, 9.17) is 14.6 Å². The van der Waals surface area contributed by atoms with E-state index in [0.717, 1.165) is 5.39 Å². The summed E-state index contributed by atoms with van der Waals surface area (Å²) in [5, 5.41) is 50.5. The average Bonchev–Trinajstić information content (AvgIpc) is 2.57. The summed E-state index contributed by atoms with van der Waals surface area (Å²) in [5.74, 6) is -0.0914. The largest absolute Gasteiger partial charge is 0.504 e. The van der Waals surface area contributed by atoms with E-state index in [-0.39, 0.29) is 11.5 Å². The van der Waals surface area contributed by atoms with Crippen molar-refractivity contribution in [3.8, 4) is 11.5 Å². The van der Waals surface area contributed by atoms with Gasteiger partial charge in [0.2, 0.25) is 0 Å². The van der Waals surface area contributed by atoms with Gasteiger partial charge in [-0.05, 0) is 11.5 Å². The number of aliphatic hydroxyl groups is 4. The molecule has 2 aromatic carbocycles. The van der Waals surface area contributed by atoms with E-state index in [1.54, 1.807) is 18.2 Å². The zero-order valence-corrected chi connectivity index (χ0v) is 12.1. The van der Waals surface area contributed by atoms with E-state index in [1.807, 2.05) is 12.1 Å². The van der Waals surface area contributed by atoms with Crippen LogP contribution in [0.1, 0.15) is 0 Å². The number of fused-ring (bicyclic) bond motifs is 1. The normalized spacial score (nSPS) is 31.2. The highest BCUT2D eigenvalue weighted by Gasteiger charge is 2.45.